The maximum Gasteiger partial charge on any atom is 0.251 e. The highest BCUT2D eigenvalue weighted by molar-refractivity contribution is 5.94. The quantitative estimate of drug-likeness (QED) is 0.365. The summed E-state index contributed by atoms with van der Waals surface area (Å²) in [6, 6.07) is 6.81. The van der Waals surface area contributed by atoms with E-state index >= 15 is 0 Å². The van der Waals surface area contributed by atoms with E-state index in [-0.39, 0.29) is 11.7 Å². The lowest BCUT2D eigenvalue weighted by Crippen LogP contribution is -2.43. The zero-order valence-corrected chi connectivity index (χ0v) is 16.7. The van der Waals surface area contributed by atoms with Gasteiger partial charge in [-0.05, 0) is 50.7 Å². The highest BCUT2D eigenvalue weighted by Crippen LogP contribution is 2.15. The minimum atomic E-state index is -0.155. The third-order valence-electron chi connectivity index (χ3n) is 4.91. The van der Waals surface area contributed by atoms with Gasteiger partial charge in [-0.15, -0.1) is 0 Å². The van der Waals surface area contributed by atoms with Crippen LogP contribution in [0.2, 0.25) is 0 Å². The molecule has 0 aromatic heterocycles. The van der Waals surface area contributed by atoms with Crippen LogP contribution in [-0.2, 0) is 0 Å². The molecule has 27 heavy (non-hydrogen) atoms. The average molecular weight is 376 g/mol. The first-order chi connectivity index (χ1) is 13.1. The van der Waals surface area contributed by atoms with Crippen molar-refractivity contribution in [3.63, 3.8) is 0 Å². The van der Waals surface area contributed by atoms with Gasteiger partial charge in [0.15, 0.2) is 5.96 Å². The van der Waals surface area contributed by atoms with Gasteiger partial charge < -0.3 is 20.6 Å². The largest absolute Gasteiger partial charge is 0.508 e. The minimum Gasteiger partial charge on any atom is -0.508 e. The highest BCUT2D eigenvalue weighted by Gasteiger charge is 2.27. The second-order valence-electron chi connectivity index (χ2n) is 6.65. The second kappa shape index (κ2) is 10.8. The number of nitrogens with one attached hydrogen (secondary N) is 2. The fraction of sp³-hybridized carbons (Fsp3) is 0.600. The summed E-state index contributed by atoms with van der Waals surface area (Å²) in [6.45, 7) is 12.5. The zero-order chi connectivity index (χ0) is 19.6. The first-order valence-electron chi connectivity index (χ1n) is 9.93. The summed E-state index contributed by atoms with van der Waals surface area (Å²) in [7, 11) is 0. The molecular weight excluding hydrogens is 342 g/mol. The molecule has 1 saturated heterocycles. The van der Waals surface area contributed by atoms with E-state index in [4.69, 9.17) is 0 Å². The van der Waals surface area contributed by atoms with E-state index in [1.807, 2.05) is 0 Å². The van der Waals surface area contributed by atoms with Gasteiger partial charge in [0, 0.05) is 37.8 Å². The maximum absolute atomic E-state index is 12.1. The molecule has 0 radical (unpaired) electrons. The molecule has 0 aliphatic carbocycles. The number of aromatic hydroxyl groups is 1. The SMILES string of the molecule is CCNC(=NCCNC(=O)c1ccc(O)cc1)N1CCC(N(CC)CC)C1. The molecule has 3 N–H and O–H groups in total. The number of guanidine groups is 1. The van der Waals surface area contributed by atoms with Crippen LogP contribution in [0.5, 0.6) is 5.75 Å². The topological polar surface area (TPSA) is 80.2 Å². The Labute approximate surface area is 162 Å². The van der Waals surface area contributed by atoms with Gasteiger partial charge in [0.05, 0.1) is 6.54 Å². The Hall–Kier alpha value is -2.28. The number of likely N-dealkylation sites (tertiary alicyclic amines) is 1. The van der Waals surface area contributed by atoms with Gasteiger partial charge in [-0.3, -0.25) is 14.7 Å². The first kappa shape index (κ1) is 21.0. The van der Waals surface area contributed by atoms with Gasteiger partial charge in [0.25, 0.3) is 5.91 Å². The van der Waals surface area contributed by atoms with E-state index in [0.717, 1.165) is 45.1 Å². The molecule has 1 aromatic carbocycles. The molecule has 1 aliphatic heterocycles. The van der Waals surface area contributed by atoms with E-state index in [1.165, 1.54) is 12.1 Å². The number of hydrogen-bond acceptors (Lipinski definition) is 4. The van der Waals surface area contributed by atoms with Crippen LogP contribution >= 0.6 is 0 Å². The first-order valence-corrected chi connectivity index (χ1v) is 9.93. The van der Waals surface area contributed by atoms with Gasteiger partial charge in [0.2, 0.25) is 0 Å². The number of aliphatic imine (C=N–C) groups is 1. The summed E-state index contributed by atoms with van der Waals surface area (Å²) in [5.41, 5.74) is 0.533. The summed E-state index contributed by atoms with van der Waals surface area (Å²) in [5.74, 6) is 0.920. The van der Waals surface area contributed by atoms with Crippen LogP contribution in [0.3, 0.4) is 0 Å². The van der Waals surface area contributed by atoms with E-state index < -0.39 is 0 Å². The van der Waals surface area contributed by atoms with Gasteiger partial charge in [-0.1, -0.05) is 13.8 Å². The molecule has 0 bridgehead atoms. The molecule has 1 aromatic rings. The van der Waals surface area contributed by atoms with Crippen LogP contribution in [0.25, 0.3) is 0 Å². The standard InChI is InChI=1S/C20H33N5O2/c1-4-21-20(25-14-11-17(15-25)24(5-2)6-3)23-13-12-22-19(27)16-7-9-18(26)10-8-16/h7-10,17,26H,4-6,11-15H2,1-3H3,(H,21,23)(H,22,27). The lowest BCUT2D eigenvalue weighted by Gasteiger charge is -2.27. The number of phenolic OH excluding ortho intramolecular Hbond substituents is 1. The molecule has 7 nitrogen and oxygen atoms in total. The Balaban J connectivity index is 1.84. The highest BCUT2D eigenvalue weighted by atomic mass is 16.3. The number of likely N-dealkylation sites (N-methyl/N-ethyl adjacent to an activating group) is 1. The average Bonchev–Trinajstić information content (AvgIpc) is 3.15. The van der Waals surface area contributed by atoms with Crippen LogP contribution in [0.1, 0.15) is 37.6 Å². The molecule has 1 atom stereocenters. The number of hydrogen-bond donors (Lipinski definition) is 3. The predicted molar refractivity (Wildman–Crippen MR) is 109 cm³/mol. The molecule has 7 heteroatoms. The molecule has 150 valence electrons. The van der Waals surface area contributed by atoms with Crippen molar-refractivity contribution in [2.45, 2.75) is 33.2 Å². The lowest BCUT2D eigenvalue weighted by atomic mass is 10.2. The molecular formula is C20H33N5O2. The van der Waals surface area contributed by atoms with Crippen LogP contribution < -0.4 is 10.6 Å². The fourth-order valence-corrected chi connectivity index (χ4v) is 3.44. The fourth-order valence-electron chi connectivity index (χ4n) is 3.44. The summed E-state index contributed by atoms with van der Waals surface area (Å²) >= 11 is 0. The van der Waals surface area contributed by atoms with E-state index in [2.05, 4.69) is 46.2 Å². The predicted octanol–water partition coefficient (Wildman–Crippen LogP) is 1.50. The molecule has 1 unspecified atom stereocenters. The number of benzene rings is 1. The van der Waals surface area contributed by atoms with E-state index in [0.29, 0.717) is 24.7 Å². The third-order valence-corrected chi connectivity index (χ3v) is 4.91. The zero-order valence-electron chi connectivity index (χ0n) is 16.7. The maximum atomic E-state index is 12.1. The number of carbonyl (C=O) groups excluding carboxylic acids is 1. The Morgan fingerprint density at radius 2 is 1.93 bits per heavy atom. The van der Waals surface area contributed by atoms with Crippen LogP contribution in [-0.4, -0.2) is 78.6 Å². The molecule has 1 aliphatic rings. The van der Waals surface area contributed by atoms with Crippen molar-refractivity contribution in [3.8, 4) is 5.75 Å². The van der Waals surface area contributed by atoms with Crippen molar-refractivity contribution >= 4 is 11.9 Å². The van der Waals surface area contributed by atoms with E-state index in [1.54, 1.807) is 12.1 Å². The Morgan fingerprint density at radius 3 is 2.56 bits per heavy atom. The Morgan fingerprint density at radius 1 is 1.22 bits per heavy atom. The van der Waals surface area contributed by atoms with Crippen molar-refractivity contribution in [1.82, 2.24) is 20.4 Å². The smallest absolute Gasteiger partial charge is 0.251 e. The van der Waals surface area contributed by atoms with Crippen molar-refractivity contribution < 1.29 is 9.90 Å². The van der Waals surface area contributed by atoms with Crippen molar-refractivity contribution in [2.24, 2.45) is 4.99 Å². The van der Waals surface area contributed by atoms with E-state index in [9.17, 15) is 9.90 Å². The Bertz CT molecular complexity index is 613. The van der Waals surface area contributed by atoms with Crippen molar-refractivity contribution in [2.75, 3.05) is 45.8 Å². The molecule has 1 fully saturated rings. The summed E-state index contributed by atoms with van der Waals surface area (Å²) in [4.78, 5) is 21.6. The number of rotatable bonds is 8. The third kappa shape index (κ3) is 6.13. The Kier molecular flexibility index (Phi) is 8.39. The summed E-state index contributed by atoms with van der Waals surface area (Å²) < 4.78 is 0. The molecule has 1 amide bonds. The summed E-state index contributed by atoms with van der Waals surface area (Å²) in [5, 5.41) is 15.5. The minimum absolute atomic E-state index is 0.153. The van der Waals surface area contributed by atoms with Gasteiger partial charge in [-0.25, -0.2) is 0 Å². The summed E-state index contributed by atoms with van der Waals surface area (Å²) in [6.07, 6.45) is 1.16. The number of nitrogens with zero attached hydrogens (tertiary/aromatic N) is 3. The lowest BCUT2D eigenvalue weighted by molar-refractivity contribution is 0.0955. The number of amides is 1. The molecule has 0 spiro atoms. The molecule has 0 saturated carbocycles. The molecule has 2 rings (SSSR count). The van der Waals surface area contributed by atoms with Crippen molar-refractivity contribution in [1.29, 1.82) is 0 Å². The number of phenols is 1. The van der Waals surface area contributed by atoms with Crippen LogP contribution in [0, 0.1) is 0 Å². The molecule has 1 heterocycles. The van der Waals surface area contributed by atoms with Gasteiger partial charge in [0.1, 0.15) is 5.75 Å². The van der Waals surface area contributed by atoms with Crippen LogP contribution in [0.15, 0.2) is 29.3 Å². The number of carbonyl (C=O) groups is 1. The normalized spacial score (nSPS) is 17.4. The van der Waals surface area contributed by atoms with Gasteiger partial charge >= 0.3 is 0 Å². The van der Waals surface area contributed by atoms with Gasteiger partial charge in [-0.2, -0.15) is 0 Å². The van der Waals surface area contributed by atoms with Crippen LogP contribution in [0.4, 0.5) is 0 Å². The monoisotopic (exact) mass is 375 g/mol. The second-order valence-corrected chi connectivity index (χ2v) is 6.65. The van der Waals surface area contributed by atoms with Crippen molar-refractivity contribution in [3.05, 3.63) is 29.8 Å².